The van der Waals surface area contributed by atoms with Crippen molar-refractivity contribution in [2.45, 2.75) is 19.8 Å². The van der Waals surface area contributed by atoms with Crippen LogP contribution in [0.3, 0.4) is 0 Å². The zero-order chi connectivity index (χ0) is 19.7. The van der Waals surface area contributed by atoms with Gasteiger partial charge < -0.3 is 14.5 Å². The maximum Gasteiger partial charge on any atom is 0.292 e. The summed E-state index contributed by atoms with van der Waals surface area (Å²) in [5, 5.41) is 10.8. The Bertz CT molecular complexity index is 1130. The number of aromatic amines is 1. The molecule has 142 valence electrons. The first-order valence-corrected chi connectivity index (χ1v) is 9.08. The molecule has 0 bridgehead atoms. The summed E-state index contributed by atoms with van der Waals surface area (Å²) in [4.78, 5) is 12.2. The summed E-state index contributed by atoms with van der Waals surface area (Å²) in [7, 11) is 1.67. The second kappa shape index (κ2) is 7.23. The summed E-state index contributed by atoms with van der Waals surface area (Å²) in [5.74, 6) is 1.60. The van der Waals surface area contributed by atoms with E-state index in [2.05, 4.69) is 41.5 Å². The van der Waals surface area contributed by atoms with Gasteiger partial charge in [-0.15, -0.1) is 0 Å². The van der Waals surface area contributed by atoms with Crippen LogP contribution in [0.15, 0.2) is 59.2 Å². The number of hydrogen-bond donors (Lipinski definition) is 2. The molecule has 4 rings (SSSR count). The van der Waals surface area contributed by atoms with Crippen molar-refractivity contribution in [3.8, 4) is 16.9 Å². The van der Waals surface area contributed by atoms with Gasteiger partial charge in [-0.3, -0.25) is 9.89 Å². The number of H-pyrrole nitrogens is 1. The van der Waals surface area contributed by atoms with E-state index in [-0.39, 0.29) is 11.7 Å². The third-order valence-electron chi connectivity index (χ3n) is 4.74. The molecular weight excluding hydrogens is 354 g/mol. The predicted octanol–water partition coefficient (Wildman–Crippen LogP) is 5.21. The zero-order valence-corrected chi connectivity index (χ0v) is 15.9. The maximum absolute atomic E-state index is 12.2. The third-order valence-corrected chi connectivity index (χ3v) is 4.74. The Balaban J connectivity index is 1.70. The smallest absolute Gasteiger partial charge is 0.292 e. The summed E-state index contributed by atoms with van der Waals surface area (Å²) in [5.41, 5.74) is 4.10. The van der Waals surface area contributed by atoms with Crippen LogP contribution in [-0.2, 0) is 0 Å². The van der Waals surface area contributed by atoms with Crippen LogP contribution >= 0.6 is 0 Å². The number of ether oxygens (including phenoxy) is 1. The number of benzene rings is 2. The lowest BCUT2D eigenvalue weighted by atomic mass is 9.96. The molecule has 28 heavy (non-hydrogen) atoms. The number of hydrogen-bond acceptors (Lipinski definition) is 4. The van der Waals surface area contributed by atoms with E-state index in [0.29, 0.717) is 11.7 Å². The largest absolute Gasteiger partial charge is 0.496 e. The fraction of sp³-hybridized carbons (Fsp3) is 0.182. The highest BCUT2D eigenvalue weighted by Crippen LogP contribution is 2.35. The Labute approximate surface area is 162 Å². The van der Waals surface area contributed by atoms with Gasteiger partial charge in [0.05, 0.1) is 18.9 Å². The number of nitrogens with zero attached hydrogens (tertiary/aromatic N) is 1. The zero-order valence-electron chi connectivity index (χ0n) is 15.9. The van der Waals surface area contributed by atoms with Crippen LogP contribution in [0.5, 0.6) is 5.75 Å². The van der Waals surface area contributed by atoms with Crippen molar-refractivity contribution in [1.29, 1.82) is 0 Å². The Morgan fingerprint density at radius 1 is 1.18 bits per heavy atom. The first kappa shape index (κ1) is 17.9. The Morgan fingerprint density at radius 3 is 2.75 bits per heavy atom. The van der Waals surface area contributed by atoms with Crippen LogP contribution < -0.4 is 10.1 Å². The molecule has 0 aliphatic carbocycles. The maximum atomic E-state index is 12.2. The first-order valence-electron chi connectivity index (χ1n) is 9.08. The van der Waals surface area contributed by atoms with Crippen LogP contribution in [0, 0.1) is 0 Å². The molecule has 2 N–H and O–H groups in total. The van der Waals surface area contributed by atoms with Gasteiger partial charge in [0, 0.05) is 10.9 Å². The predicted molar refractivity (Wildman–Crippen MR) is 109 cm³/mol. The highest BCUT2D eigenvalue weighted by atomic mass is 16.5. The molecule has 0 unspecified atom stereocenters. The molecule has 0 radical (unpaired) electrons. The van der Waals surface area contributed by atoms with Crippen molar-refractivity contribution < 1.29 is 13.9 Å². The van der Waals surface area contributed by atoms with Crippen LogP contribution in [-0.4, -0.2) is 23.2 Å². The van der Waals surface area contributed by atoms with E-state index < -0.39 is 0 Å². The molecular formula is C22H21N3O3. The van der Waals surface area contributed by atoms with Gasteiger partial charge in [-0.2, -0.15) is 5.10 Å². The second-order valence-corrected chi connectivity index (χ2v) is 6.88. The highest BCUT2D eigenvalue weighted by Gasteiger charge is 2.15. The molecule has 0 atom stereocenters. The minimum Gasteiger partial charge on any atom is -0.496 e. The minimum atomic E-state index is -0.339. The van der Waals surface area contributed by atoms with Gasteiger partial charge in [0.15, 0.2) is 11.6 Å². The SMILES string of the molecule is COc1ccc(C(C)C)cc1-c1ccc2c(NC(=O)c3ccco3)n[nH]c2c1. The molecule has 0 saturated carbocycles. The molecule has 2 heterocycles. The Kier molecular flexibility index (Phi) is 4.61. The summed E-state index contributed by atoms with van der Waals surface area (Å²) >= 11 is 0. The molecule has 0 saturated heterocycles. The second-order valence-electron chi connectivity index (χ2n) is 6.88. The standard InChI is InChI=1S/C22H21N3O3/c1-13(2)14-7-9-19(27-3)17(11-14)15-6-8-16-18(12-15)24-25-21(16)23-22(26)20-5-4-10-28-20/h4-13H,1-3H3,(H2,23,24,25,26). The molecule has 6 nitrogen and oxygen atoms in total. The number of carbonyl (C=O) groups is 1. The van der Waals surface area contributed by atoms with Crippen molar-refractivity contribution in [3.05, 3.63) is 66.1 Å². The van der Waals surface area contributed by atoms with E-state index in [1.165, 1.54) is 11.8 Å². The minimum absolute atomic E-state index is 0.239. The lowest BCUT2D eigenvalue weighted by Crippen LogP contribution is -2.11. The van der Waals surface area contributed by atoms with Gasteiger partial charge in [-0.05, 0) is 53.4 Å². The lowest BCUT2D eigenvalue weighted by Gasteiger charge is -2.13. The number of rotatable bonds is 5. The quantitative estimate of drug-likeness (QED) is 0.502. The average Bonchev–Trinajstić information content (AvgIpc) is 3.37. The van der Waals surface area contributed by atoms with Crippen molar-refractivity contribution in [2.75, 3.05) is 12.4 Å². The average molecular weight is 375 g/mol. The van der Waals surface area contributed by atoms with E-state index >= 15 is 0 Å². The first-order chi connectivity index (χ1) is 13.6. The molecule has 0 spiro atoms. The van der Waals surface area contributed by atoms with Crippen LogP contribution in [0.2, 0.25) is 0 Å². The molecule has 0 aliphatic heterocycles. The van der Waals surface area contributed by atoms with Crippen molar-refractivity contribution >= 4 is 22.6 Å². The monoisotopic (exact) mass is 375 g/mol. The fourth-order valence-electron chi connectivity index (χ4n) is 3.17. The number of carbonyl (C=O) groups excluding carboxylic acids is 1. The summed E-state index contributed by atoms with van der Waals surface area (Å²) in [6.45, 7) is 4.33. The van der Waals surface area contributed by atoms with E-state index in [9.17, 15) is 4.79 Å². The van der Waals surface area contributed by atoms with Crippen LogP contribution in [0.1, 0.15) is 35.9 Å². The van der Waals surface area contributed by atoms with Gasteiger partial charge >= 0.3 is 0 Å². The van der Waals surface area contributed by atoms with E-state index in [4.69, 9.17) is 9.15 Å². The lowest BCUT2D eigenvalue weighted by molar-refractivity contribution is 0.0996. The number of furan rings is 1. The molecule has 0 fully saturated rings. The highest BCUT2D eigenvalue weighted by molar-refractivity contribution is 6.06. The van der Waals surface area contributed by atoms with Crippen LogP contribution in [0.25, 0.3) is 22.0 Å². The molecule has 0 aliphatic rings. The van der Waals surface area contributed by atoms with Gasteiger partial charge in [0.1, 0.15) is 5.75 Å². The van der Waals surface area contributed by atoms with E-state index in [0.717, 1.165) is 27.8 Å². The number of methoxy groups -OCH3 is 1. The topological polar surface area (TPSA) is 80.2 Å². The normalized spacial score (nSPS) is 11.1. The summed E-state index contributed by atoms with van der Waals surface area (Å²) in [6.07, 6.45) is 1.46. The fourth-order valence-corrected chi connectivity index (χ4v) is 3.17. The van der Waals surface area contributed by atoms with Crippen molar-refractivity contribution in [3.63, 3.8) is 0 Å². The number of fused-ring (bicyclic) bond motifs is 1. The molecule has 1 amide bonds. The number of aromatic nitrogens is 2. The van der Waals surface area contributed by atoms with Gasteiger partial charge in [0.2, 0.25) is 0 Å². The Hall–Kier alpha value is -3.54. The molecule has 6 heteroatoms. The summed E-state index contributed by atoms with van der Waals surface area (Å²) < 4.78 is 10.7. The number of anilines is 1. The number of amides is 1. The number of nitrogens with one attached hydrogen (secondary N) is 2. The van der Waals surface area contributed by atoms with Gasteiger partial charge in [-0.25, -0.2) is 0 Å². The van der Waals surface area contributed by atoms with E-state index in [1.807, 2.05) is 24.3 Å². The molecule has 2 aromatic carbocycles. The Morgan fingerprint density at radius 2 is 2.04 bits per heavy atom. The van der Waals surface area contributed by atoms with Crippen molar-refractivity contribution in [2.24, 2.45) is 0 Å². The van der Waals surface area contributed by atoms with Crippen LogP contribution in [0.4, 0.5) is 5.82 Å². The van der Waals surface area contributed by atoms with Gasteiger partial charge in [0.25, 0.3) is 5.91 Å². The molecule has 2 aromatic heterocycles. The molecule has 4 aromatic rings. The summed E-state index contributed by atoms with van der Waals surface area (Å²) in [6, 6.07) is 15.5. The third kappa shape index (κ3) is 3.24. The van der Waals surface area contributed by atoms with Crippen molar-refractivity contribution in [1.82, 2.24) is 10.2 Å². The van der Waals surface area contributed by atoms with E-state index in [1.54, 1.807) is 19.2 Å². The van der Waals surface area contributed by atoms with Gasteiger partial charge in [-0.1, -0.05) is 26.0 Å².